The maximum absolute atomic E-state index is 9.83. The van der Waals surface area contributed by atoms with E-state index >= 15 is 0 Å². The molecule has 7 nitrogen and oxygen atoms in total. The van der Waals surface area contributed by atoms with E-state index in [1.54, 1.807) is 6.92 Å². The van der Waals surface area contributed by atoms with Crippen molar-refractivity contribution in [2.75, 3.05) is 6.61 Å². The second-order valence-electron chi connectivity index (χ2n) is 1.23. The number of hydrogen-bond donors (Lipinski definition) is 4. The summed E-state index contributed by atoms with van der Waals surface area (Å²) < 4.78 is 4.19. The van der Waals surface area contributed by atoms with Gasteiger partial charge in [0.15, 0.2) is 0 Å². The SMILES string of the molecule is CCOC(=O)NO.NC(N)=O. The van der Waals surface area contributed by atoms with E-state index in [4.69, 9.17) is 10.0 Å². The zero-order valence-electron chi connectivity index (χ0n) is 6.03. The third-order valence-corrected chi connectivity index (χ3v) is 0.367. The summed E-state index contributed by atoms with van der Waals surface area (Å²) in [5.74, 6) is 0. The highest BCUT2D eigenvalue weighted by molar-refractivity contribution is 5.69. The van der Waals surface area contributed by atoms with Gasteiger partial charge in [0.25, 0.3) is 0 Å². The van der Waals surface area contributed by atoms with E-state index in [1.165, 1.54) is 5.48 Å². The van der Waals surface area contributed by atoms with Crippen LogP contribution in [0.1, 0.15) is 6.92 Å². The largest absolute Gasteiger partial charge is 0.448 e. The van der Waals surface area contributed by atoms with Crippen LogP contribution in [0.5, 0.6) is 0 Å². The molecule has 7 heteroatoms. The van der Waals surface area contributed by atoms with Crippen molar-refractivity contribution in [3.63, 3.8) is 0 Å². The minimum Gasteiger partial charge on any atom is -0.448 e. The van der Waals surface area contributed by atoms with Crippen LogP contribution in [0, 0.1) is 0 Å². The van der Waals surface area contributed by atoms with E-state index < -0.39 is 12.1 Å². The Bertz CT molecular complexity index is 123. The van der Waals surface area contributed by atoms with Crippen molar-refractivity contribution in [1.82, 2.24) is 5.48 Å². The molecular weight excluding hydrogens is 154 g/mol. The molecule has 0 atom stereocenters. The molecule has 0 aromatic carbocycles. The number of nitrogens with two attached hydrogens (primary N) is 2. The normalized spacial score (nSPS) is 7.09. The molecule has 0 aromatic heterocycles. The van der Waals surface area contributed by atoms with E-state index in [0.717, 1.165) is 0 Å². The summed E-state index contributed by atoms with van der Waals surface area (Å²) in [7, 11) is 0. The van der Waals surface area contributed by atoms with Gasteiger partial charge in [-0.1, -0.05) is 0 Å². The first-order valence-corrected chi connectivity index (χ1v) is 2.66. The molecule has 0 aliphatic carbocycles. The van der Waals surface area contributed by atoms with E-state index in [-0.39, 0.29) is 6.61 Å². The molecule has 11 heavy (non-hydrogen) atoms. The molecule has 0 spiro atoms. The van der Waals surface area contributed by atoms with Crippen LogP contribution in [0.4, 0.5) is 9.59 Å². The maximum atomic E-state index is 9.83. The summed E-state index contributed by atoms with van der Waals surface area (Å²) in [6.07, 6.45) is -0.817. The van der Waals surface area contributed by atoms with Gasteiger partial charge in [-0.05, 0) is 6.92 Å². The highest BCUT2D eigenvalue weighted by atomic mass is 16.6. The lowest BCUT2D eigenvalue weighted by Gasteiger charge is -1.94. The molecule has 0 aliphatic rings. The minimum absolute atomic E-state index is 0.270. The number of primary amides is 2. The zero-order chi connectivity index (χ0) is 9.28. The minimum atomic E-state index is -0.833. The van der Waals surface area contributed by atoms with Gasteiger partial charge in [-0.3, -0.25) is 5.21 Å². The van der Waals surface area contributed by atoms with Crippen LogP contribution in [-0.2, 0) is 4.74 Å². The van der Waals surface area contributed by atoms with Crippen LogP contribution < -0.4 is 16.9 Å². The zero-order valence-corrected chi connectivity index (χ0v) is 6.03. The monoisotopic (exact) mass is 165 g/mol. The Hall–Kier alpha value is -1.50. The fourth-order valence-corrected chi connectivity index (χ4v) is 0.163. The molecule has 0 heterocycles. The molecule has 0 bridgehead atoms. The highest BCUT2D eigenvalue weighted by Gasteiger charge is 1.91. The first kappa shape index (κ1) is 12.2. The third-order valence-electron chi connectivity index (χ3n) is 0.367. The number of amides is 3. The fourth-order valence-electron chi connectivity index (χ4n) is 0.163. The summed E-state index contributed by atoms with van der Waals surface area (Å²) in [6, 6.07) is -0.833. The van der Waals surface area contributed by atoms with E-state index in [2.05, 4.69) is 16.2 Å². The molecule has 6 N–H and O–H groups in total. The molecule has 0 saturated carbocycles. The summed E-state index contributed by atoms with van der Waals surface area (Å²) in [4.78, 5) is 18.8. The molecular formula is C4H11N3O4. The Labute approximate surface area is 63.3 Å². The molecule has 0 rings (SSSR count). The van der Waals surface area contributed by atoms with Gasteiger partial charge in [-0.25, -0.2) is 15.1 Å². The van der Waals surface area contributed by atoms with Gasteiger partial charge < -0.3 is 16.2 Å². The van der Waals surface area contributed by atoms with E-state index in [0.29, 0.717) is 0 Å². The predicted molar refractivity (Wildman–Crippen MR) is 35.7 cm³/mol. The van der Waals surface area contributed by atoms with Crippen LogP contribution in [0.2, 0.25) is 0 Å². The number of rotatable bonds is 1. The van der Waals surface area contributed by atoms with E-state index in [1.807, 2.05) is 0 Å². The van der Waals surface area contributed by atoms with Crippen molar-refractivity contribution in [2.45, 2.75) is 6.92 Å². The second-order valence-corrected chi connectivity index (χ2v) is 1.23. The van der Waals surface area contributed by atoms with Crippen molar-refractivity contribution in [1.29, 1.82) is 0 Å². The number of nitrogens with one attached hydrogen (secondary N) is 1. The van der Waals surface area contributed by atoms with Gasteiger partial charge >= 0.3 is 12.1 Å². The van der Waals surface area contributed by atoms with Crippen molar-refractivity contribution in [3.8, 4) is 0 Å². The van der Waals surface area contributed by atoms with E-state index in [9.17, 15) is 4.79 Å². The third kappa shape index (κ3) is 29.3. The van der Waals surface area contributed by atoms with Crippen molar-refractivity contribution < 1.29 is 19.5 Å². The quantitative estimate of drug-likeness (QED) is 0.298. The molecule has 0 saturated heterocycles. The van der Waals surface area contributed by atoms with Crippen molar-refractivity contribution >= 4 is 12.1 Å². The summed E-state index contributed by atoms with van der Waals surface area (Å²) >= 11 is 0. The topological polar surface area (TPSA) is 128 Å². The average Bonchev–Trinajstić information content (AvgIpc) is 1.87. The molecule has 0 fully saturated rings. The Kier molecular flexibility index (Phi) is 9.43. The standard InChI is InChI=1S/C3H7NO3.CH4N2O/c1-2-7-3(5)4-6;2-1(3)4/h6H,2H2,1H3,(H,4,5);(H4,2,3,4). The first-order valence-electron chi connectivity index (χ1n) is 2.66. The van der Waals surface area contributed by atoms with Gasteiger partial charge in [0, 0.05) is 0 Å². The van der Waals surface area contributed by atoms with Gasteiger partial charge in [-0.2, -0.15) is 0 Å². The van der Waals surface area contributed by atoms with Gasteiger partial charge in [0.05, 0.1) is 6.61 Å². The predicted octanol–water partition coefficient (Wildman–Crippen LogP) is -0.854. The highest BCUT2D eigenvalue weighted by Crippen LogP contribution is 1.70. The summed E-state index contributed by atoms with van der Waals surface area (Å²) in [5, 5.41) is 7.74. The lowest BCUT2D eigenvalue weighted by molar-refractivity contribution is 0.0929. The van der Waals surface area contributed by atoms with Crippen LogP contribution in [-0.4, -0.2) is 23.9 Å². The number of carbonyl (C=O) groups is 2. The summed E-state index contributed by atoms with van der Waals surface area (Å²) in [5.41, 5.74) is 9.80. The molecule has 0 unspecified atom stereocenters. The fraction of sp³-hybridized carbons (Fsp3) is 0.500. The van der Waals surface area contributed by atoms with Gasteiger partial charge in [-0.15, -0.1) is 0 Å². The Balaban J connectivity index is 0. The second kappa shape index (κ2) is 8.50. The van der Waals surface area contributed by atoms with Crippen LogP contribution in [0.15, 0.2) is 0 Å². The average molecular weight is 165 g/mol. The van der Waals surface area contributed by atoms with Crippen LogP contribution >= 0.6 is 0 Å². The van der Waals surface area contributed by atoms with Gasteiger partial charge in [0.2, 0.25) is 0 Å². The number of hydroxylamine groups is 1. The number of ether oxygens (including phenoxy) is 1. The smallest absolute Gasteiger partial charge is 0.431 e. The lowest BCUT2D eigenvalue weighted by atomic mass is 10.9. The molecule has 3 amide bonds. The number of hydrogen-bond acceptors (Lipinski definition) is 4. The first-order chi connectivity index (χ1) is 5.04. The summed E-state index contributed by atoms with van der Waals surface area (Å²) in [6.45, 7) is 1.92. The molecule has 0 aliphatic heterocycles. The Morgan fingerprint density at radius 2 is 1.91 bits per heavy atom. The number of carbonyl (C=O) groups excluding carboxylic acids is 2. The van der Waals surface area contributed by atoms with Crippen LogP contribution in [0.3, 0.4) is 0 Å². The van der Waals surface area contributed by atoms with Gasteiger partial charge in [0.1, 0.15) is 0 Å². The maximum Gasteiger partial charge on any atom is 0.431 e. The molecule has 0 aromatic rings. The number of urea groups is 1. The van der Waals surface area contributed by atoms with Crippen LogP contribution in [0.25, 0.3) is 0 Å². The Morgan fingerprint density at radius 1 is 1.55 bits per heavy atom. The van der Waals surface area contributed by atoms with Crippen molar-refractivity contribution in [3.05, 3.63) is 0 Å². The molecule has 66 valence electrons. The Morgan fingerprint density at radius 3 is 2.00 bits per heavy atom. The van der Waals surface area contributed by atoms with Crippen molar-refractivity contribution in [2.24, 2.45) is 11.5 Å². The molecule has 0 radical (unpaired) electrons. The lowest BCUT2D eigenvalue weighted by Crippen LogP contribution is -2.19.